The van der Waals surface area contributed by atoms with Crippen LogP contribution in [-0.2, 0) is 35.1 Å². The molecule has 4 aliphatic rings. The number of sulfonamides is 1. The van der Waals surface area contributed by atoms with Crippen molar-refractivity contribution in [3.8, 4) is 11.6 Å². The maximum absolute atomic E-state index is 16.3. The van der Waals surface area contributed by atoms with E-state index in [9.17, 15) is 36.4 Å². The minimum Gasteiger partial charge on any atom is -0.497 e. The molecule has 15 nitrogen and oxygen atoms in total. The van der Waals surface area contributed by atoms with Gasteiger partial charge in [-0.05, 0) is 81.9 Å². The maximum Gasteiger partial charge on any atom is 0.408 e. The molecule has 3 heterocycles. The van der Waals surface area contributed by atoms with Crippen molar-refractivity contribution in [3.05, 3.63) is 36.0 Å². The average Bonchev–Trinajstić information content (AvgIpc) is 4.09. The van der Waals surface area contributed by atoms with Crippen LogP contribution in [0.1, 0.15) is 98.6 Å². The molecule has 4 amide bonds. The van der Waals surface area contributed by atoms with E-state index in [1.54, 1.807) is 34.6 Å². The molecule has 61 heavy (non-hydrogen) atoms. The third-order valence-corrected chi connectivity index (χ3v) is 14.4. The number of carbonyl (C=O) groups is 4. The normalized spacial score (nSPS) is 29.5. The van der Waals surface area contributed by atoms with E-state index in [4.69, 9.17) is 14.2 Å². The van der Waals surface area contributed by atoms with Crippen LogP contribution in [-0.4, -0.2) is 102 Å². The minimum atomic E-state index is -4.32. The summed E-state index contributed by atoms with van der Waals surface area (Å²) in [7, 11) is -2.91. The van der Waals surface area contributed by atoms with E-state index in [1.807, 2.05) is 4.72 Å². The number of carbonyl (C=O) groups excluding carboxylic acids is 4. The highest BCUT2D eigenvalue weighted by molar-refractivity contribution is 7.91. The summed E-state index contributed by atoms with van der Waals surface area (Å²) in [6, 6.07) is 1.47. The lowest BCUT2D eigenvalue weighted by Crippen LogP contribution is -2.61. The van der Waals surface area contributed by atoms with Crippen LogP contribution in [0.3, 0.4) is 0 Å². The molecule has 6 rings (SSSR count). The van der Waals surface area contributed by atoms with Gasteiger partial charge >= 0.3 is 12.0 Å². The van der Waals surface area contributed by atoms with E-state index in [0.29, 0.717) is 31.1 Å². The van der Waals surface area contributed by atoms with Crippen LogP contribution in [0.2, 0.25) is 0 Å². The molecule has 3 fully saturated rings. The number of halogens is 4. The molecule has 2 aromatic rings. The molecule has 0 unspecified atom stereocenters. The van der Waals surface area contributed by atoms with Gasteiger partial charge < -0.3 is 29.7 Å². The Morgan fingerprint density at radius 1 is 1.08 bits per heavy atom. The van der Waals surface area contributed by atoms with E-state index in [2.05, 4.69) is 20.6 Å². The summed E-state index contributed by atoms with van der Waals surface area (Å²) in [6.45, 7) is 9.33. The lowest BCUT2D eigenvalue weighted by molar-refractivity contribution is -0.144. The van der Waals surface area contributed by atoms with E-state index < -0.39 is 123 Å². The predicted octanol–water partition coefficient (Wildman–Crippen LogP) is 5.51. The molecule has 20 heteroatoms. The first-order valence-electron chi connectivity index (χ1n) is 20.5. The Bertz CT molecular complexity index is 2180. The second kappa shape index (κ2) is 16.8. The first-order valence-corrected chi connectivity index (χ1v) is 22.0. The summed E-state index contributed by atoms with van der Waals surface area (Å²) in [6.07, 6.45) is -2.89. The van der Waals surface area contributed by atoms with Gasteiger partial charge in [-0.15, -0.1) is 0 Å². The molecule has 2 saturated carbocycles. The van der Waals surface area contributed by atoms with Crippen molar-refractivity contribution in [3.63, 3.8) is 0 Å². The topological polar surface area (TPSA) is 195 Å². The summed E-state index contributed by atoms with van der Waals surface area (Å²) < 4.78 is 105. The number of methoxy groups -OCH3 is 1. The van der Waals surface area contributed by atoms with E-state index in [0.717, 1.165) is 4.90 Å². The SMILES string of the molecule is CC[C@@H]1CCC/C=C/C(F)(F)c2nc3ccc(OC)cc3nc2O[C@H]2CN(C(=O)[C@H](C(C)(C)C)NC(=O)O1)[C@H](C(=O)N[C@]1(C(=O)NS(=O)(=O)C3(C)CC3)C[C@H]1C(F)F)[C@@H]2CC. The number of benzene rings is 1. The second-order valence-corrected chi connectivity index (χ2v) is 19.9. The molecule has 336 valence electrons. The number of alkyl carbamates (subject to hydrolysis) is 1. The molecule has 0 radical (unpaired) electrons. The van der Waals surface area contributed by atoms with Gasteiger partial charge in [-0.2, -0.15) is 8.78 Å². The smallest absolute Gasteiger partial charge is 0.408 e. The van der Waals surface area contributed by atoms with Crippen LogP contribution >= 0.6 is 0 Å². The van der Waals surface area contributed by atoms with Crippen LogP contribution < -0.4 is 24.8 Å². The van der Waals surface area contributed by atoms with Gasteiger partial charge in [-0.1, -0.05) is 40.7 Å². The number of nitrogens with zero attached hydrogens (tertiary/aromatic N) is 3. The van der Waals surface area contributed by atoms with Crippen molar-refractivity contribution in [2.75, 3.05) is 13.7 Å². The largest absolute Gasteiger partial charge is 0.497 e. The number of hydrogen-bond donors (Lipinski definition) is 3. The quantitative estimate of drug-likeness (QED) is 0.212. The Labute approximate surface area is 352 Å². The Balaban J connectivity index is 1.46. The molecule has 2 bridgehead atoms. The Morgan fingerprint density at radius 3 is 2.38 bits per heavy atom. The molecule has 0 spiro atoms. The highest BCUT2D eigenvalue weighted by Gasteiger charge is 2.68. The van der Waals surface area contributed by atoms with Gasteiger partial charge in [0.1, 0.15) is 35.6 Å². The van der Waals surface area contributed by atoms with Crippen molar-refractivity contribution in [1.29, 1.82) is 0 Å². The molecular weight excluding hydrogens is 829 g/mol. The fourth-order valence-electron chi connectivity index (χ4n) is 8.01. The van der Waals surface area contributed by atoms with Crippen molar-refractivity contribution < 1.29 is 59.4 Å². The number of nitrogens with one attached hydrogen (secondary N) is 3. The fraction of sp³-hybridized carbons (Fsp3) is 0.659. The number of cyclic esters (lactones) is 1. The predicted molar refractivity (Wildman–Crippen MR) is 213 cm³/mol. The number of aromatic nitrogens is 2. The monoisotopic (exact) mass is 882 g/mol. The number of rotatable bonds is 9. The molecule has 2 aliphatic carbocycles. The Kier molecular flexibility index (Phi) is 12.6. The summed E-state index contributed by atoms with van der Waals surface area (Å²) >= 11 is 0. The van der Waals surface area contributed by atoms with Crippen LogP contribution in [0.15, 0.2) is 30.4 Å². The van der Waals surface area contributed by atoms with E-state index in [-0.39, 0.29) is 36.7 Å². The highest BCUT2D eigenvalue weighted by Crippen LogP contribution is 2.50. The third kappa shape index (κ3) is 9.23. The number of hydrogen-bond acceptors (Lipinski definition) is 11. The first kappa shape index (κ1) is 45.8. The van der Waals surface area contributed by atoms with Gasteiger partial charge in [-0.25, -0.2) is 32.0 Å². The first-order chi connectivity index (χ1) is 28.5. The van der Waals surface area contributed by atoms with E-state index >= 15 is 8.78 Å². The fourth-order valence-corrected chi connectivity index (χ4v) is 9.32. The van der Waals surface area contributed by atoms with Crippen LogP contribution in [0, 0.1) is 17.3 Å². The number of allylic oxidation sites excluding steroid dienone is 2. The number of amides is 4. The third-order valence-electron chi connectivity index (χ3n) is 12.3. The number of fused-ring (bicyclic) bond motifs is 4. The molecule has 1 saturated heterocycles. The van der Waals surface area contributed by atoms with Crippen molar-refractivity contribution in [1.82, 2.24) is 30.2 Å². The van der Waals surface area contributed by atoms with Crippen molar-refractivity contribution >= 4 is 44.9 Å². The van der Waals surface area contributed by atoms with Crippen LogP contribution in [0.4, 0.5) is 22.4 Å². The van der Waals surface area contributed by atoms with Crippen LogP contribution in [0.5, 0.6) is 11.6 Å². The summed E-state index contributed by atoms with van der Waals surface area (Å²) in [5, 5.41) is 5.05. The summed E-state index contributed by atoms with van der Waals surface area (Å²) in [5.41, 5.74) is -4.03. The second-order valence-electron chi connectivity index (χ2n) is 17.7. The van der Waals surface area contributed by atoms with E-state index in [1.165, 1.54) is 38.3 Å². The van der Waals surface area contributed by atoms with Crippen molar-refractivity contribution in [2.24, 2.45) is 17.3 Å². The maximum atomic E-state index is 16.3. The van der Waals surface area contributed by atoms with Gasteiger partial charge in [0.2, 0.25) is 34.1 Å². The standard InChI is InChI=1S/C41H54F4N6O9S/c1-8-22-13-11-10-12-16-41(44,45)30-34(47-27-19-23(58-7)14-15-26(27)46-30)60-28-21-51(35(53)31(38(3,4)5)48-37(55)59-22)29(24(28)9-2)33(52)49-40(20-25(40)32(42)43)36(54)50-61(56,57)39(6)17-18-39/h12,14-16,19,22,24-25,28-29,31-32H,8-11,13,17-18,20-21H2,1-7H3,(H,48,55)(H,49,52)(H,50,54)/b16-12+/t22-,24-,25+,28+,29+,31-,40-/m1/s1. The van der Waals surface area contributed by atoms with Gasteiger partial charge in [0.05, 0.1) is 35.4 Å². The Hall–Kier alpha value is -4.75. The molecule has 7 atom stereocenters. The lowest BCUT2D eigenvalue weighted by Gasteiger charge is -2.36. The zero-order valence-electron chi connectivity index (χ0n) is 35.2. The zero-order chi connectivity index (χ0) is 44.9. The Morgan fingerprint density at radius 2 is 1.79 bits per heavy atom. The average molecular weight is 883 g/mol. The molecular formula is C41H54F4N6O9S. The van der Waals surface area contributed by atoms with Crippen molar-refractivity contribution in [2.45, 2.75) is 140 Å². The minimum absolute atomic E-state index is 0.0328. The van der Waals surface area contributed by atoms with Gasteiger partial charge in [0.15, 0.2) is 5.69 Å². The zero-order valence-corrected chi connectivity index (χ0v) is 36.0. The number of alkyl halides is 4. The highest BCUT2D eigenvalue weighted by atomic mass is 32.2. The molecule has 3 N–H and O–H groups in total. The van der Waals surface area contributed by atoms with Crippen LogP contribution in [0.25, 0.3) is 11.0 Å². The lowest BCUT2D eigenvalue weighted by atomic mass is 9.85. The van der Waals surface area contributed by atoms with Gasteiger partial charge in [0, 0.05) is 12.0 Å². The number of ether oxygens (including phenoxy) is 3. The van der Waals surface area contributed by atoms with Gasteiger partial charge in [-0.3, -0.25) is 19.1 Å². The molecule has 1 aromatic carbocycles. The van der Waals surface area contributed by atoms with Gasteiger partial charge in [0.25, 0.3) is 5.91 Å². The summed E-state index contributed by atoms with van der Waals surface area (Å²) in [5.74, 6) is -10.1. The summed E-state index contributed by atoms with van der Waals surface area (Å²) in [4.78, 5) is 66.4. The molecule has 1 aromatic heterocycles. The molecule has 2 aliphatic heterocycles.